The van der Waals surface area contributed by atoms with Crippen molar-refractivity contribution in [2.75, 3.05) is 26.3 Å². The molecule has 2 aliphatic rings. The van der Waals surface area contributed by atoms with Crippen LogP contribution in [0.5, 0.6) is 0 Å². The van der Waals surface area contributed by atoms with E-state index in [1.807, 2.05) is 64.1 Å². The monoisotopic (exact) mass is 690 g/mol. The summed E-state index contributed by atoms with van der Waals surface area (Å²) in [5.74, 6) is -2.40. The summed E-state index contributed by atoms with van der Waals surface area (Å²) in [7, 11) is 0. The van der Waals surface area contributed by atoms with Gasteiger partial charge in [0.15, 0.2) is 0 Å². The number of carbonyl (C=O) groups excluding carboxylic acids is 2. The van der Waals surface area contributed by atoms with Gasteiger partial charge in [-0.3, -0.25) is 12.2 Å². The van der Waals surface area contributed by atoms with Crippen molar-refractivity contribution in [1.82, 2.24) is 10.6 Å². The molecular formula is C36H42F4N2O4Ti. The molecule has 2 amide bonds. The van der Waals surface area contributed by atoms with Crippen molar-refractivity contribution in [2.24, 2.45) is 11.8 Å². The van der Waals surface area contributed by atoms with Gasteiger partial charge < -0.3 is 20.1 Å². The second-order valence-electron chi connectivity index (χ2n) is 10.6. The Hall–Kier alpha value is -3.63. The number of alkyl carbamates (subject to hydrolysis) is 2. The number of ether oxygens (including phenoxy) is 2. The van der Waals surface area contributed by atoms with E-state index in [1.165, 1.54) is 12.1 Å². The largest absolute Gasteiger partial charge is 4.00 e. The standard InChI is InChI=1S/2C13H16F2NO2.2C5H5.Ti/c2*1-9(2)8-18-13(17)16-6-5-10-3-4-11(14)7-12(10)15;2*1-2-4-5-3-1;/h2*3-4,9H,5-6,8H2,1-2H3,(H,16,17);2*1-3H,4H2;/q4*-1;+4. The Balaban J connectivity index is 0.000000681. The van der Waals surface area contributed by atoms with E-state index >= 15 is 0 Å². The number of halogens is 4. The van der Waals surface area contributed by atoms with Crippen LogP contribution in [0.1, 0.15) is 51.7 Å². The second kappa shape index (κ2) is 26.4. The molecule has 0 bridgehead atoms. The smallest absolute Gasteiger partial charge is 0.449 e. The van der Waals surface area contributed by atoms with E-state index in [2.05, 4.69) is 34.9 Å². The van der Waals surface area contributed by atoms with Gasteiger partial charge in [-0.1, -0.05) is 40.5 Å². The molecule has 252 valence electrons. The number of amides is 2. The molecule has 11 heteroatoms. The molecule has 2 N–H and O–H groups in total. The van der Waals surface area contributed by atoms with Crippen molar-refractivity contribution in [3.8, 4) is 0 Å². The van der Waals surface area contributed by atoms with Gasteiger partial charge in [0.05, 0.1) is 13.2 Å². The molecule has 0 atom stereocenters. The topological polar surface area (TPSA) is 76.7 Å². The Kier molecular flexibility index (Phi) is 24.4. The molecule has 0 unspecified atom stereocenters. The second-order valence-corrected chi connectivity index (χ2v) is 10.6. The Morgan fingerprint density at radius 3 is 1.34 bits per heavy atom. The van der Waals surface area contributed by atoms with E-state index in [-0.39, 0.29) is 59.5 Å². The molecule has 0 spiro atoms. The number of hydrogen-bond donors (Lipinski definition) is 2. The summed E-state index contributed by atoms with van der Waals surface area (Å²) in [6.45, 7) is 8.84. The van der Waals surface area contributed by atoms with E-state index in [1.54, 1.807) is 0 Å². The molecule has 2 aliphatic carbocycles. The van der Waals surface area contributed by atoms with Gasteiger partial charge in [0.25, 0.3) is 0 Å². The minimum atomic E-state index is -0.736. The maximum Gasteiger partial charge on any atom is 4.00 e. The van der Waals surface area contributed by atoms with Crippen LogP contribution in [-0.2, 0) is 44.0 Å². The number of benzene rings is 2. The number of hydrogen-bond acceptors (Lipinski definition) is 4. The van der Waals surface area contributed by atoms with Crippen molar-refractivity contribution < 1.29 is 58.3 Å². The van der Waals surface area contributed by atoms with Gasteiger partial charge in [0, 0.05) is 36.4 Å². The first-order chi connectivity index (χ1) is 22.0. The molecule has 0 heterocycles. The van der Waals surface area contributed by atoms with Gasteiger partial charge in [-0.15, -0.1) is 48.2 Å². The molecule has 0 fully saturated rings. The van der Waals surface area contributed by atoms with Crippen molar-refractivity contribution in [2.45, 2.75) is 53.4 Å². The molecule has 4 rings (SSSR count). The molecule has 0 radical (unpaired) electrons. The van der Waals surface area contributed by atoms with Crippen LogP contribution in [0, 0.1) is 59.4 Å². The number of carbonyl (C=O) groups is 2. The van der Waals surface area contributed by atoms with Gasteiger partial charge in [0.2, 0.25) is 0 Å². The van der Waals surface area contributed by atoms with E-state index in [4.69, 9.17) is 9.47 Å². The zero-order valence-electron chi connectivity index (χ0n) is 27.2. The molecule has 0 saturated carbocycles. The quantitative estimate of drug-likeness (QED) is 0.151. The SMILES string of the molecule is CC(C)COC(=O)NCCc1ccc(F)[c-]c1F.CC(C)COC(=O)NCCc1ccc(F)[c-]c1F.[C-]1=CC=CC1.[C-]1=CC=CC1.[Ti+4]. The average molecular weight is 691 g/mol. The minimum Gasteiger partial charge on any atom is -0.449 e. The summed E-state index contributed by atoms with van der Waals surface area (Å²) < 4.78 is 61.3. The van der Waals surface area contributed by atoms with Crippen LogP contribution in [0.3, 0.4) is 0 Å². The molecule has 2 aromatic rings. The number of nitrogens with one attached hydrogen (secondary N) is 2. The predicted molar refractivity (Wildman–Crippen MR) is 169 cm³/mol. The maximum atomic E-state index is 13.2. The van der Waals surface area contributed by atoms with E-state index < -0.39 is 35.5 Å². The first-order valence-electron chi connectivity index (χ1n) is 14.9. The first kappa shape index (κ1) is 43.4. The Bertz CT molecular complexity index is 1190. The third kappa shape index (κ3) is 23.4. The Morgan fingerprint density at radius 2 is 1.09 bits per heavy atom. The Morgan fingerprint density at radius 1 is 0.702 bits per heavy atom. The minimum absolute atomic E-state index is 0. The van der Waals surface area contributed by atoms with Crippen LogP contribution in [-0.4, -0.2) is 38.5 Å². The van der Waals surface area contributed by atoms with Crippen molar-refractivity contribution in [1.29, 1.82) is 0 Å². The van der Waals surface area contributed by atoms with Crippen LogP contribution >= 0.6 is 0 Å². The summed E-state index contributed by atoms with van der Waals surface area (Å²) in [6.07, 6.45) is 19.5. The van der Waals surface area contributed by atoms with Crippen LogP contribution in [0.25, 0.3) is 0 Å². The van der Waals surface area contributed by atoms with Gasteiger partial charge in [0.1, 0.15) is 0 Å². The molecule has 47 heavy (non-hydrogen) atoms. The van der Waals surface area contributed by atoms with Gasteiger partial charge in [-0.05, 0) is 11.8 Å². The molecule has 0 aliphatic heterocycles. The summed E-state index contributed by atoms with van der Waals surface area (Å²) in [6, 6.07) is 8.82. The molecule has 0 aromatic heterocycles. The molecule has 0 saturated heterocycles. The normalized spacial score (nSPS) is 11.8. The van der Waals surface area contributed by atoms with Crippen molar-refractivity contribution >= 4 is 12.2 Å². The zero-order chi connectivity index (χ0) is 34.2. The van der Waals surface area contributed by atoms with Gasteiger partial charge >= 0.3 is 33.9 Å². The van der Waals surface area contributed by atoms with Gasteiger partial charge in [-0.25, -0.2) is 51.5 Å². The summed E-state index contributed by atoms with van der Waals surface area (Å²) in [5.41, 5.74) is 0.612. The van der Waals surface area contributed by atoms with E-state index in [0.29, 0.717) is 24.3 Å². The number of rotatable bonds is 10. The van der Waals surface area contributed by atoms with E-state index in [0.717, 1.165) is 25.0 Å². The van der Waals surface area contributed by atoms with Crippen LogP contribution < -0.4 is 10.6 Å². The molecular weight excluding hydrogens is 648 g/mol. The van der Waals surface area contributed by atoms with Crippen LogP contribution in [0.2, 0.25) is 0 Å². The third-order valence-corrected chi connectivity index (χ3v) is 5.48. The van der Waals surface area contributed by atoms with E-state index in [9.17, 15) is 27.2 Å². The molecule has 6 nitrogen and oxygen atoms in total. The first-order valence-corrected chi connectivity index (χ1v) is 14.9. The summed E-state index contributed by atoms with van der Waals surface area (Å²) in [4.78, 5) is 22.4. The summed E-state index contributed by atoms with van der Waals surface area (Å²) in [5, 5.41) is 4.99. The third-order valence-electron chi connectivity index (χ3n) is 5.48. The summed E-state index contributed by atoms with van der Waals surface area (Å²) >= 11 is 0. The predicted octanol–water partition coefficient (Wildman–Crippen LogP) is 7.99. The van der Waals surface area contributed by atoms with Crippen LogP contribution in [0.15, 0.2) is 60.7 Å². The fraction of sp³-hybridized carbons (Fsp3) is 0.389. The van der Waals surface area contributed by atoms with Gasteiger partial charge in [-0.2, -0.15) is 24.3 Å². The van der Waals surface area contributed by atoms with Crippen molar-refractivity contribution in [3.63, 3.8) is 0 Å². The Labute approximate surface area is 291 Å². The zero-order valence-corrected chi connectivity index (χ0v) is 28.8. The maximum absolute atomic E-state index is 13.2. The molecule has 2 aromatic carbocycles. The fourth-order valence-electron chi connectivity index (χ4n) is 3.20. The average Bonchev–Trinajstić information content (AvgIpc) is 3.78. The van der Waals surface area contributed by atoms with Crippen LogP contribution in [0.4, 0.5) is 27.2 Å². The fourth-order valence-corrected chi connectivity index (χ4v) is 3.20. The number of allylic oxidation sites excluding steroid dienone is 8. The van der Waals surface area contributed by atoms with Crippen molar-refractivity contribution in [3.05, 3.63) is 119 Å².